The van der Waals surface area contributed by atoms with E-state index in [0.717, 1.165) is 6.42 Å². The molecule has 1 aromatic heterocycles. The van der Waals surface area contributed by atoms with Gasteiger partial charge in [-0.05, 0) is 55.0 Å². The number of sulfonamides is 1. The molecule has 2 aromatic carbocycles. The molecular formula is C21H17Cl2N3O4S. The van der Waals surface area contributed by atoms with Crippen molar-refractivity contribution < 1.29 is 17.6 Å². The molecule has 1 amide bonds. The zero-order valence-electron chi connectivity index (χ0n) is 16.1. The van der Waals surface area contributed by atoms with E-state index in [2.05, 4.69) is 15.0 Å². The van der Waals surface area contributed by atoms with Gasteiger partial charge in [0, 0.05) is 29.2 Å². The topological polar surface area (TPSA) is 101 Å². The van der Waals surface area contributed by atoms with E-state index < -0.39 is 15.9 Å². The van der Waals surface area contributed by atoms with E-state index in [0.29, 0.717) is 45.9 Å². The van der Waals surface area contributed by atoms with Gasteiger partial charge in [0.2, 0.25) is 0 Å². The molecule has 160 valence electrons. The van der Waals surface area contributed by atoms with Gasteiger partial charge in [0.15, 0.2) is 5.76 Å². The van der Waals surface area contributed by atoms with Crippen LogP contribution < -0.4 is 10.0 Å². The number of aliphatic imine (C=N–C) groups is 1. The van der Waals surface area contributed by atoms with Crippen LogP contribution in [0.25, 0.3) is 11.3 Å². The van der Waals surface area contributed by atoms with Gasteiger partial charge in [0.25, 0.3) is 15.9 Å². The molecule has 0 saturated carbocycles. The molecule has 0 unspecified atom stereocenters. The Morgan fingerprint density at radius 1 is 1.06 bits per heavy atom. The monoisotopic (exact) mass is 477 g/mol. The predicted octanol–water partition coefficient (Wildman–Crippen LogP) is 4.98. The number of nitrogens with zero attached hydrogens (tertiary/aromatic N) is 1. The lowest BCUT2D eigenvalue weighted by Gasteiger charge is -2.09. The van der Waals surface area contributed by atoms with Crippen LogP contribution in [-0.4, -0.2) is 26.7 Å². The Bertz CT molecular complexity index is 1290. The second-order valence-corrected chi connectivity index (χ2v) is 9.33. The van der Waals surface area contributed by atoms with Gasteiger partial charge in [-0.2, -0.15) is 0 Å². The molecule has 7 nitrogen and oxygen atoms in total. The van der Waals surface area contributed by atoms with E-state index in [9.17, 15) is 13.2 Å². The number of hydrogen-bond acceptors (Lipinski definition) is 5. The molecule has 2 heterocycles. The van der Waals surface area contributed by atoms with Crippen LogP contribution in [0, 0.1) is 0 Å². The predicted molar refractivity (Wildman–Crippen MR) is 120 cm³/mol. The van der Waals surface area contributed by atoms with Crippen LogP contribution in [0.5, 0.6) is 0 Å². The average molecular weight is 478 g/mol. The van der Waals surface area contributed by atoms with Crippen molar-refractivity contribution in [3.05, 3.63) is 70.4 Å². The van der Waals surface area contributed by atoms with E-state index in [4.69, 9.17) is 27.6 Å². The van der Waals surface area contributed by atoms with Crippen LogP contribution in [0.15, 0.2) is 68.9 Å². The summed E-state index contributed by atoms with van der Waals surface area (Å²) >= 11 is 12.2. The highest BCUT2D eigenvalue weighted by molar-refractivity contribution is 7.90. The minimum atomic E-state index is -3.79. The van der Waals surface area contributed by atoms with Crippen molar-refractivity contribution in [3.63, 3.8) is 0 Å². The molecule has 31 heavy (non-hydrogen) atoms. The van der Waals surface area contributed by atoms with Gasteiger partial charge in [-0.15, -0.1) is 0 Å². The summed E-state index contributed by atoms with van der Waals surface area (Å²) < 4.78 is 33.2. The second kappa shape index (κ2) is 8.74. The zero-order chi connectivity index (χ0) is 22.0. The first-order valence-electron chi connectivity index (χ1n) is 9.35. The number of carbonyl (C=O) groups is 1. The van der Waals surface area contributed by atoms with Crippen LogP contribution in [0.1, 0.15) is 23.4 Å². The van der Waals surface area contributed by atoms with Crippen molar-refractivity contribution in [2.45, 2.75) is 17.7 Å². The second-order valence-electron chi connectivity index (χ2n) is 6.81. The fourth-order valence-corrected chi connectivity index (χ4v) is 4.58. The number of rotatable bonds is 5. The third kappa shape index (κ3) is 4.92. The van der Waals surface area contributed by atoms with Gasteiger partial charge in [0.1, 0.15) is 11.6 Å². The van der Waals surface area contributed by atoms with Gasteiger partial charge in [-0.25, -0.2) is 8.42 Å². The molecule has 0 saturated heterocycles. The molecule has 1 aliphatic rings. The van der Waals surface area contributed by atoms with Crippen molar-refractivity contribution >= 4 is 50.7 Å². The van der Waals surface area contributed by atoms with Crippen molar-refractivity contribution in [2.75, 3.05) is 11.9 Å². The fraction of sp³-hybridized carbons (Fsp3) is 0.143. The van der Waals surface area contributed by atoms with E-state index in [1.165, 1.54) is 18.2 Å². The smallest absolute Gasteiger partial charge is 0.291 e. The summed E-state index contributed by atoms with van der Waals surface area (Å²) in [6.45, 7) is 0.611. The summed E-state index contributed by atoms with van der Waals surface area (Å²) in [5.41, 5.74) is 0.863. The van der Waals surface area contributed by atoms with Crippen molar-refractivity contribution in [2.24, 2.45) is 4.99 Å². The number of halogens is 2. The summed E-state index contributed by atoms with van der Waals surface area (Å²) in [5.74, 6) is 0.331. The SMILES string of the molecule is O=C(Nc1cccc(S(=O)(=O)NC2=NCCC2)c1)c1ccc(-c2cc(Cl)ccc2Cl)o1. The van der Waals surface area contributed by atoms with Gasteiger partial charge < -0.3 is 9.73 Å². The summed E-state index contributed by atoms with van der Waals surface area (Å²) in [4.78, 5) is 16.7. The van der Waals surface area contributed by atoms with Gasteiger partial charge >= 0.3 is 0 Å². The molecule has 1 aliphatic heterocycles. The Kier molecular flexibility index (Phi) is 6.04. The minimum Gasteiger partial charge on any atom is -0.451 e. The third-order valence-electron chi connectivity index (χ3n) is 4.55. The maximum absolute atomic E-state index is 12.6. The maximum Gasteiger partial charge on any atom is 0.291 e. The molecule has 0 spiro atoms. The third-order valence-corrected chi connectivity index (χ3v) is 6.50. The molecule has 3 aromatic rings. The van der Waals surface area contributed by atoms with Crippen LogP contribution >= 0.6 is 23.2 Å². The Hall–Kier alpha value is -2.81. The van der Waals surface area contributed by atoms with Crippen LogP contribution in [-0.2, 0) is 10.0 Å². The highest BCUT2D eigenvalue weighted by Crippen LogP contribution is 2.32. The summed E-state index contributed by atoms with van der Waals surface area (Å²) in [6, 6.07) is 14.0. The number of benzene rings is 2. The van der Waals surface area contributed by atoms with Crippen molar-refractivity contribution in [3.8, 4) is 11.3 Å². The lowest BCUT2D eigenvalue weighted by molar-refractivity contribution is 0.0997. The number of carbonyl (C=O) groups excluding carboxylic acids is 1. The van der Waals surface area contributed by atoms with Crippen molar-refractivity contribution in [1.29, 1.82) is 0 Å². The average Bonchev–Trinajstić information content (AvgIpc) is 3.42. The number of nitrogens with one attached hydrogen (secondary N) is 2. The standard InChI is InChI=1S/C21H17Cl2N3O4S/c22-13-6-7-17(23)16(11-13)18-8-9-19(30-18)21(27)25-14-3-1-4-15(12-14)31(28,29)26-20-5-2-10-24-20/h1,3-4,6-9,11-12H,2,5,10H2,(H,24,26)(H,25,27). The Labute approximate surface area is 189 Å². The fourth-order valence-electron chi connectivity index (χ4n) is 3.06. The summed E-state index contributed by atoms with van der Waals surface area (Å²) in [5, 5.41) is 3.56. The first-order chi connectivity index (χ1) is 14.8. The molecule has 2 N–H and O–H groups in total. The molecule has 0 radical (unpaired) electrons. The summed E-state index contributed by atoms with van der Waals surface area (Å²) in [7, 11) is -3.79. The normalized spacial score (nSPS) is 13.7. The zero-order valence-corrected chi connectivity index (χ0v) is 18.4. The molecular weight excluding hydrogens is 461 g/mol. The molecule has 10 heteroatoms. The number of furan rings is 1. The quantitative estimate of drug-likeness (QED) is 0.540. The number of hydrogen-bond donors (Lipinski definition) is 2. The Morgan fingerprint density at radius 3 is 2.68 bits per heavy atom. The Morgan fingerprint density at radius 2 is 1.90 bits per heavy atom. The highest BCUT2D eigenvalue weighted by Gasteiger charge is 2.20. The minimum absolute atomic E-state index is 0.0192. The highest BCUT2D eigenvalue weighted by atomic mass is 35.5. The first-order valence-corrected chi connectivity index (χ1v) is 11.6. The molecule has 0 bridgehead atoms. The maximum atomic E-state index is 12.6. The lowest BCUT2D eigenvalue weighted by atomic mass is 10.2. The first kappa shape index (κ1) is 21.4. The number of amidine groups is 1. The van der Waals surface area contributed by atoms with E-state index >= 15 is 0 Å². The lowest BCUT2D eigenvalue weighted by Crippen LogP contribution is -2.29. The van der Waals surface area contributed by atoms with Crippen LogP contribution in [0.4, 0.5) is 5.69 Å². The molecule has 0 atom stereocenters. The van der Waals surface area contributed by atoms with Crippen LogP contribution in [0.3, 0.4) is 0 Å². The number of anilines is 1. The van der Waals surface area contributed by atoms with E-state index in [-0.39, 0.29) is 10.7 Å². The van der Waals surface area contributed by atoms with Gasteiger partial charge in [-0.3, -0.25) is 14.5 Å². The van der Waals surface area contributed by atoms with Gasteiger partial charge in [0.05, 0.1) is 9.92 Å². The van der Waals surface area contributed by atoms with Gasteiger partial charge in [-0.1, -0.05) is 29.3 Å². The van der Waals surface area contributed by atoms with E-state index in [1.54, 1.807) is 36.4 Å². The Balaban J connectivity index is 1.51. The van der Waals surface area contributed by atoms with E-state index in [1.807, 2.05) is 0 Å². The number of amides is 1. The van der Waals surface area contributed by atoms with Crippen molar-refractivity contribution in [1.82, 2.24) is 4.72 Å². The largest absolute Gasteiger partial charge is 0.451 e. The summed E-state index contributed by atoms with van der Waals surface area (Å²) in [6.07, 6.45) is 1.41. The molecule has 0 fully saturated rings. The molecule has 4 rings (SSSR count). The molecule has 0 aliphatic carbocycles. The van der Waals surface area contributed by atoms with Crippen LogP contribution in [0.2, 0.25) is 10.0 Å².